The molecule has 8 nitrogen and oxygen atoms in total. The Hall–Kier alpha value is -2.69. The molecular weight excluding hydrogens is 437 g/mol. The number of rotatable bonds is 6. The van der Waals surface area contributed by atoms with Crippen molar-refractivity contribution in [3.8, 4) is 11.5 Å². The SMILES string of the molecule is CC(C)(NCC(=O)N1CCN(S(=O)(=O)c2ccccc2F)CC1)c1ccc2c(c1)OCO2. The molecule has 2 heterocycles. The second kappa shape index (κ2) is 8.68. The fraction of sp³-hybridized carbons (Fsp3) is 0.409. The third-order valence-corrected chi connectivity index (χ3v) is 7.75. The first-order valence-corrected chi connectivity index (χ1v) is 11.8. The molecule has 1 fully saturated rings. The van der Waals surface area contributed by atoms with Gasteiger partial charge in [0.1, 0.15) is 10.7 Å². The molecule has 32 heavy (non-hydrogen) atoms. The van der Waals surface area contributed by atoms with Crippen LogP contribution in [0.2, 0.25) is 0 Å². The van der Waals surface area contributed by atoms with E-state index in [1.165, 1.54) is 22.5 Å². The van der Waals surface area contributed by atoms with Crippen molar-refractivity contribution in [2.45, 2.75) is 24.3 Å². The number of hydrogen-bond donors (Lipinski definition) is 1. The molecule has 0 saturated carbocycles. The monoisotopic (exact) mass is 463 g/mol. The lowest BCUT2D eigenvalue weighted by molar-refractivity contribution is -0.131. The van der Waals surface area contributed by atoms with Crippen LogP contribution in [-0.4, -0.2) is 63.0 Å². The number of carbonyl (C=O) groups is 1. The Morgan fingerprint density at radius 3 is 2.47 bits per heavy atom. The molecule has 2 aromatic carbocycles. The van der Waals surface area contributed by atoms with Crippen molar-refractivity contribution in [1.29, 1.82) is 0 Å². The molecule has 0 radical (unpaired) electrons. The Kier molecular flexibility index (Phi) is 6.11. The first kappa shape index (κ1) is 22.5. The van der Waals surface area contributed by atoms with Crippen LogP contribution in [0.4, 0.5) is 4.39 Å². The summed E-state index contributed by atoms with van der Waals surface area (Å²) in [7, 11) is -3.94. The van der Waals surface area contributed by atoms with E-state index in [1.807, 2.05) is 32.0 Å². The largest absolute Gasteiger partial charge is 0.454 e. The number of halogens is 1. The first-order chi connectivity index (χ1) is 15.2. The van der Waals surface area contributed by atoms with E-state index in [4.69, 9.17) is 9.47 Å². The lowest BCUT2D eigenvalue weighted by Gasteiger charge is -2.35. The smallest absolute Gasteiger partial charge is 0.246 e. The molecule has 2 aliphatic rings. The molecule has 0 aromatic heterocycles. The number of piperazine rings is 1. The number of benzene rings is 2. The summed E-state index contributed by atoms with van der Waals surface area (Å²) in [6, 6.07) is 11.0. The fourth-order valence-electron chi connectivity index (χ4n) is 3.77. The highest BCUT2D eigenvalue weighted by Gasteiger charge is 2.32. The van der Waals surface area contributed by atoms with Crippen molar-refractivity contribution in [2.24, 2.45) is 0 Å². The van der Waals surface area contributed by atoms with Gasteiger partial charge >= 0.3 is 0 Å². The van der Waals surface area contributed by atoms with Gasteiger partial charge in [-0.25, -0.2) is 12.8 Å². The van der Waals surface area contributed by atoms with Crippen molar-refractivity contribution in [1.82, 2.24) is 14.5 Å². The van der Waals surface area contributed by atoms with E-state index in [0.717, 1.165) is 11.6 Å². The molecule has 10 heteroatoms. The minimum absolute atomic E-state index is 0.0987. The lowest BCUT2D eigenvalue weighted by atomic mass is 9.94. The maximum atomic E-state index is 14.0. The average molecular weight is 464 g/mol. The van der Waals surface area contributed by atoms with Crippen LogP contribution in [0.1, 0.15) is 19.4 Å². The van der Waals surface area contributed by atoms with Crippen LogP contribution >= 0.6 is 0 Å². The third-order valence-electron chi connectivity index (χ3n) is 5.82. The van der Waals surface area contributed by atoms with E-state index in [-0.39, 0.29) is 50.3 Å². The Morgan fingerprint density at radius 2 is 1.75 bits per heavy atom. The molecule has 2 aliphatic heterocycles. The molecule has 1 amide bonds. The number of ether oxygens (including phenoxy) is 2. The van der Waals surface area contributed by atoms with Gasteiger partial charge in [-0.2, -0.15) is 4.31 Å². The van der Waals surface area contributed by atoms with Crippen molar-refractivity contribution in [3.63, 3.8) is 0 Å². The number of amides is 1. The molecule has 0 spiro atoms. The van der Waals surface area contributed by atoms with Crippen LogP contribution in [0.5, 0.6) is 11.5 Å². The summed E-state index contributed by atoms with van der Waals surface area (Å²) < 4.78 is 51.4. The summed E-state index contributed by atoms with van der Waals surface area (Å²) in [6.07, 6.45) is 0. The molecular formula is C22H26FN3O5S. The summed E-state index contributed by atoms with van der Waals surface area (Å²) in [4.78, 5) is 14.0. The molecule has 0 bridgehead atoms. The minimum atomic E-state index is -3.94. The fourth-order valence-corrected chi connectivity index (χ4v) is 5.25. The van der Waals surface area contributed by atoms with E-state index in [1.54, 1.807) is 4.90 Å². The molecule has 4 rings (SSSR count). The van der Waals surface area contributed by atoms with Gasteiger partial charge in [0.15, 0.2) is 11.5 Å². The maximum absolute atomic E-state index is 14.0. The average Bonchev–Trinajstić information content (AvgIpc) is 3.26. The number of sulfonamides is 1. The first-order valence-electron chi connectivity index (χ1n) is 10.4. The zero-order valence-electron chi connectivity index (χ0n) is 18.0. The normalized spacial score (nSPS) is 16.9. The number of carbonyl (C=O) groups excluding carboxylic acids is 1. The van der Waals surface area contributed by atoms with Gasteiger partial charge in [0, 0.05) is 31.7 Å². The Bertz CT molecular complexity index is 1110. The zero-order valence-corrected chi connectivity index (χ0v) is 18.8. The van der Waals surface area contributed by atoms with Gasteiger partial charge in [-0.05, 0) is 43.7 Å². The molecule has 1 saturated heterocycles. The molecule has 1 N–H and O–H groups in total. The van der Waals surface area contributed by atoms with E-state index in [2.05, 4.69) is 5.32 Å². The van der Waals surface area contributed by atoms with Crippen LogP contribution in [0.25, 0.3) is 0 Å². The van der Waals surface area contributed by atoms with Gasteiger partial charge < -0.3 is 14.4 Å². The third kappa shape index (κ3) is 4.43. The highest BCUT2D eigenvalue weighted by atomic mass is 32.2. The Morgan fingerprint density at radius 1 is 1.06 bits per heavy atom. The van der Waals surface area contributed by atoms with E-state index < -0.39 is 21.4 Å². The summed E-state index contributed by atoms with van der Waals surface area (Å²) >= 11 is 0. The van der Waals surface area contributed by atoms with Crippen LogP contribution in [0.3, 0.4) is 0 Å². The quantitative estimate of drug-likeness (QED) is 0.704. The van der Waals surface area contributed by atoms with Gasteiger partial charge in [0.05, 0.1) is 6.54 Å². The van der Waals surface area contributed by atoms with Crippen LogP contribution in [0.15, 0.2) is 47.4 Å². The maximum Gasteiger partial charge on any atom is 0.246 e. The van der Waals surface area contributed by atoms with E-state index in [0.29, 0.717) is 11.5 Å². The predicted molar refractivity (Wildman–Crippen MR) is 115 cm³/mol. The Labute approximate surface area is 187 Å². The van der Waals surface area contributed by atoms with E-state index >= 15 is 0 Å². The highest BCUT2D eigenvalue weighted by Crippen LogP contribution is 2.35. The van der Waals surface area contributed by atoms with Gasteiger partial charge in [0.25, 0.3) is 0 Å². The summed E-state index contributed by atoms with van der Waals surface area (Å²) in [5.74, 6) is 0.474. The number of hydrogen-bond acceptors (Lipinski definition) is 6. The number of nitrogens with one attached hydrogen (secondary N) is 1. The van der Waals surface area contributed by atoms with Gasteiger partial charge in [-0.3, -0.25) is 10.1 Å². The summed E-state index contributed by atoms with van der Waals surface area (Å²) in [6.45, 7) is 4.97. The second-order valence-electron chi connectivity index (χ2n) is 8.26. The molecule has 0 atom stereocenters. The molecule has 172 valence electrons. The topological polar surface area (TPSA) is 88.2 Å². The second-order valence-corrected chi connectivity index (χ2v) is 10.2. The van der Waals surface area contributed by atoms with E-state index in [9.17, 15) is 17.6 Å². The van der Waals surface area contributed by atoms with Crippen molar-refractivity contribution in [3.05, 3.63) is 53.8 Å². The van der Waals surface area contributed by atoms with Crippen molar-refractivity contribution in [2.75, 3.05) is 39.5 Å². The Balaban J connectivity index is 1.33. The summed E-state index contributed by atoms with van der Waals surface area (Å²) in [5, 5.41) is 3.27. The minimum Gasteiger partial charge on any atom is -0.454 e. The van der Waals surface area contributed by atoms with Crippen molar-refractivity contribution < 1.29 is 27.1 Å². The molecule has 0 aliphatic carbocycles. The van der Waals surface area contributed by atoms with Gasteiger partial charge in [-0.15, -0.1) is 0 Å². The predicted octanol–water partition coefficient (Wildman–Crippen LogP) is 1.91. The number of fused-ring (bicyclic) bond motifs is 1. The zero-order chi connectivity index (χ0) is 22.9. The molecule has 2 aromatic rings. The number of nitrogens with zero attached hydrogens (tertiary/aromatic N) is 2. The van der Waals surface area contributed by atoms with Crippen molar-refractivity contribution >= 4 is 15.9 Å². The van der Waals surface area contributed by atoms with Gasteiger partial charge in [-0.1, -0.05) is 18.2 Å². The van der Waals surface area contributed by atoms with Gasteiger partial charge in [0.2, 0.25) is 22.7 Å². The lowest BCUT2D eigenvalue weighted by Crippen LogP contribution is -2.53. The summed E-state index contributed by atoms with van der Waals surface area (Å²) in [5.41, 5.74) is 0.461. The molecule has 0 unspecified atom stereocenters. The van der Waals surface area contributed by atoms with Crippen LogP contribution in [0, 0.1) is 5.82 Å². The highest BCUT2D eigenvalue weighted by molar-refractivity contribution is 7.89. The standard InChI is InChI=1S/C22H26FN3O5S/c1-22(2,16-7-8-18-19(13-16)31-15-30-18)24-14-21(27)25-9-11-26(12-10-25)32(28,29)20-6-4-3-5-17(20)23/h3-8,13,24H,9-12,14-15H2,1-2H3. The van der Waals surface area contributed by atoms with Crippen LogP contribution < -0.4 is 14.8 Å². The van der Waals surface area contributed by atoms with Crippen LogP contribution in [-0.2, 0) is 20.4 Å².